The SMILES string of the molecule is Nc1cc(NC(=O)c2cccnc2)n2ncc(C3CC3)c2n1. The number of amides is 1. The number of rotatable bonds is 3. The summed E-state index contributed by atoms with van der Waals surface area (Å²) < 4.78 is 1.62. The number of nitrogens with zero attached hydrogens (tertiary/aromatic N) is 4. The van der Waals surface area contributed by atoms with Crippen molar-refractivity contribution < 1.29 is 4.79 Å². The number of aromatic nitrogens is 4. The van der Waals surface area contributed by atoms with Crippen molar-refractivity contribution in [3.05, 3.63) is 47.9 Å². The average molecular weight is 294 g/mol. The van der Waals surface area contributed by atoms with Crippen LogP contribution in [0.2, 0.25) is 0 Å². The fourth-order valence-electron chi connectivity index (χ4n) is 2.46. The number of nitrogen functional groups attached to an aromatic ring is 1. The highest BCUT2D eigenvalue weighted by atomic mass is 16.1. The van der Waals surface area contributed by atoms with Crippen molar-refractivity contribution in [3.8, 4) is 0 Å². The predicted octanol–water partition coefficient (Wildman–Crippen LogP) is 1.84. The lowest BCUT2D eigenvalue weighted by Crippen LogP contribution is -2.15. The van der Waals surface area contributed by atoms with Gasteiger partial charge < -0.3 is 11.1 Å². The van der Waals surface area contributed by atoms with E-state index in [1.807, 2.05) is 0 Å². The highest BCUT2D eigenvalue weighted by molar-refractivity contribution is 6.03. The highest BCUT2D eigenvalue weighted by Crippen LogP contribution is 2.41. The molecule has 110 valence electrons. The van der Waals surface area contributed by atoms with Crippen LogP contribution in [0.4, 0.5) is 11.6 Å². The molecule has 1 amide bonds. The smallest absolute Gasteiger partial charge is 0.258 e. The highest BCUT2D eigenvalue weighted by Gasteiger charge is 2.28. The molecule has 0 saturated heterocycles. The third-order valence-corrected chi connectivity index (χ3v) is 3.70. The van der Waals surface area contributed by atoms with E-state index in [0.29, 0.717) is 28.8 Å². The molecule has 0 atom stereocenters. The largest absolute Gasteiger partial charge is 0.384 e. The Morgan fingerprint density at radius 2 is 2.23 bits per heavy atom. The molecule has 7 nitrogen and oxygen atoms in total. The van der Waals surface area contributed by atoms with Gasteiger partial charge in [0.2, 0.25) is 0 Å². The molecule has 3 N–H and O–H groups in total. The van der Waals surface area contributed by atoms with E-state index in [1.165, 1.54) is 6.20 Å². The van der Waals surface area contributed by atoms with Gasteiger partial charge in [-0.05, 0) is 30.9 Å². The summed E-state index contributed by atoms with van der Waals surface area (Å²) in [6.45, 7) is 0. The Kier molecular flexibility index (Phi) is 2.78. The molecular weight excluding hydrogens is 280 g/mol. The van der Waals surface area contributed by atoms with Gasteiger partial charge in [0, 0.05) is 24.0 Å². The van der Waals surface area contributed by atoms with Crippen LogP contribution in [-0.4, -0.2) is 25.5 Å². The van der Waals surface area contributed by atoms with Gasteiger partial charge in [0.1, 0.15) is 11.6 Å². The number of carbonyl (C=O) groups excluding carboxylic acids is 1. The molecule has 0 bridgehead atoms. The van der Waals surface area contributed by atoms with E-state index >= 15 is 0 Å². The Labute approximate surface area is 126 Å². The molecule has 0 spiro atoms. The molecule has 1 saturated carbocycles. The summed E-state index contributed by atoms with van der Waals surface area (Å²) in [6, 6.07) is 5.01. The molecule has 7 heteroatoms. The van der Waals surface area contributed by atoms with E-state index in [0.717, 1.165) is 18.4 Å². The van der Waals surface area contributed by atoms with Crippen LogP contribution >= 0.6 is 0 Å². The van der Waals surface area contributed by atoms with Crippen LogP contribution in [0, 0.1) is 0 Å². The minimum absolute atomic E-state index is 0.261. The number of nitrogens with two attached hydrogens (primary N) is 1. The van der Waals surface area contributed by atoms with Crippen molar-refractivity contribution in [2.24, 2.45) is 0 Å². The molecule has 0 radical (unpaired) electrons. The second-order valence-corrected chi connectivity index (χ2v) is 5.37. The molecule has 3 aromatic rings. The third-order valence-electron chi connectivity index (χ3n) is 3.70. The summed E-state index contributed by atoms with van der Waals surface area (Å²) >= 11 is 0. The minimum Gasteiger partial charge on any atom is -0.384 e. The molecule has 22 heavy (non-hydrogen) atoms. The Hall–Kier alpha value is -2.96. The van der Waals surface area contributed by atoms with E-state index < -0.39 is 0 Å². The number of fused-ring (bicyclic) bond motifs is 1. The second-order valence-electron chi connectivity index (χ2n) is 5.37. The summed E-state index contributed by atoms with van der Waals surface area (Å²) in [5, 5.41) is 7.15. The van der Waals surface area contributed by atoms with Gasteiger partial charge >= 0.3 is 0 Å². The summed E-state index contributed by atoms with van der Waals surface area (Å²) in [6.07, 6.45) is 7.23. The fraction of sp³-hybridized carbons (Fsp3) is 0.200. The first-order chi connectivity index (χ1) is 10.7. The lowest BCUT2D eigenvalue weighted by Gasteiger charge is -2.08. The minimum atomic E-state index is -0.261. The zero-order valence-electron chi connectivity index (χ0n) is 11.7. The van der Waals surface area contributed by atoms with Gasteiger partial charge in [-0.2, -0.15) is 9.61 Å². The topological polar surface area (TPSA) is 98.2 Å². The van der Waals surface area contributed by atoms with Crippen LogP contribution < -0.4 is 11.1 Å². The van der Waals surface area contributed by atoms with Gasteiger partial charge in [-0.1, -0.05) is 0 Å². The van der Waals surface area contributed by atoms with Crippen LogP contribution in [0.1, 0.15) is 34.7 Å². The van der Waals surface area contributed by atoms with E-state index in [2.05, 4.69) is 20.4 Å². The molecule has 0 unspecified atom stereocenters. The number of carbonyl (C=O) groups is 1. The average Bonchev–Trinajstić information content (AvgIpc) is 3.28. The zero-order chi connectivity index (χ0) is 15.1. The zero-order valence-corrected chi connectivity index (χ0v) is 11.7. The van der Waals surface area contributed by atoms with Crippen molar-refractivity contribution in [2.75, 3.05) is 11.1 Å². The van der Waals surface area contributed by atoms with E-state index in [4.69, 9.17) is 5.73 Å². The normalized spacial score (nSPS) is 14.2. The van der Waals surface area contributed by atoms with Crippen LogP contribution in [0.5, 0.6) is 0 Å². The number of pyridine rings is 1. The third kappa shape index (κ3) is 2.16. The standard InChI is InChI=1S/C15H14N6O/c16-12-6-13(20-15(22)10-2-1-5-17-7-10)21-14(19-12)11(8-18-21)9-3-4-9/h1-2,5-9H,3-4H2,(H2,16,19)(H,20,22). The van der Waals surface area contributed by atoms with E-state index in [1.54, 1.807) is 35.1 Å². The van der Waals surface area contributed by atoms with Crippen molar-refractivity contribution in [3.63, 3.8) is 0 Å². The van der Waals surface area contributed by atoms with E-state index in [-0.39, 0.29) is 5.91 Å². The summed E-state index contributed by atoms with van der Waals surface area (Å²) in [4.78, 5) is 20.6. The van der Waals surface area contributed by atoms with Crippen LogP contribution in [0.3, 0.4) is 0 Å². The quantitative estimate of drug-likeness (QED) is 0.768. The van der Waals surface area contributed by atoms with Crippen molar-refractivity contribution in [1.29, 1.82) is 0 Å². The van der Waals surface area contributed by atoms with Gasteiger partial charge in [0.05, 0.1) is 11.8 Å². The first kappa shape index (κ1) is 12.8. The number of hydrogen-bond donors (Lipinski definition) is 2. The Bertz CT molecular complexity index is 853. The molecule has 1 aliphatic carbocycles. The van der Waals surface area contributed by atoms with Crippen molar-refractivity contribution >= 4 is 23.2 Å². The maximum atomic E-state index is 12.3. The molecule has 0 aromatic carbocycles. The molecular formula is C15H14N6O. The maximum absolute atomic E-state index is 12.3. The van der Waals surface area contributed by atoms with E-state index in [9.17, 15) is 4.79 Å². The molecule has 3 heterocycles. The molecule has 4 rings (SSSR count). The molecule has 0 aliphatic heterocycles. The lowest BCUT2D eigenvalue weighted by atomic mass is 10.2. The fourth-order valence-corrected chi connectivity index (χ4v) is 2.46. The number of nitrogens with one attached hydrogen (secondary N) is 1. The Morgan fingerprint density at radius 3 is 2.95 bits per heavy atom. The summed E-state index contributed by atoms with van der Waals surface area (Å²) in [5.41, 5.74) is 8.14. The molecule has 1 aliphatic rings. The Balaban J connectivity index is 1.73. The second kappa shape index (κ2) is 4.80. The monoisotopic (exact) mass is 294 g/mol. The van der Waals surface area contributed by atoms with Gasteiger partial charge in [0.25, 0.3) is 5.91 Å². The predicted molar refractivity (Wildman–Crippen MR) is 81.6 cm³/mol. The van der Waals surface area contributed by atoms with Gasteiger partial charge in [0.15, 0.2) is 5.65 Å². The van der Waals surface area contributed by atoms with Gasteiger partial charge in [-0.25, -0.2) is 4.98 Å². The van der Waals surface area contributed by atoms with Crippen LogP contribution in [0.15, 0.2) is 36.8 Å². The summed E-state index contributed by atoms with van der Waals surface area (Å²) in [5.74, 6) is 1.11. The van der Waals surface area contributed by atoms with Crippen molar-refractivity contribution in [1.82, 2.24) is 19.6 Å². The first-order valence-corrected chi connectivity index (χ1v) is 7.08. The van der Waals surface area contributed by atoms with Crippen LogP contribution in [-0.2, 0) is 0 Å². The summed E-state index contributed by atoms with van der Waals surface area (Å²) in [7, 11) is 0. The molecule has 3 aromatic heterocycles. The van der Waals surface area contributed by atoms with Crippen LogP contribution in [0.25, 0.3) is 5.65 Å². The van der Waals surface area contributed by atoms with Crippen molar-refractivity contribution in [2.45, 2.75) is 18.8 Å². The number of hydrogen-bond acceptors (Lipinski definition) is 5. The lowest BCUT2D eigenvalue weighted by molar-refractivity contribution is 0.102. The molecule has 1 fully saturated rings. The first-order valence-electron chi connectivity index (χ1n) is 7.08. The van der Waals surface area contributed by atoms with Gasteiger partial charge in [-0.15, -0.1) is 0 Å². The van der Waals surface area contributed by atoms with Gasteiger partial charge in [-0.3, -0.25) is 9.78 Å². The number of anilines is 2. The Morgan fingerprint density at radius 1 is 1.36 bits per heavy atom. The maximum Gasteiger partial charge on any atom is 0.258 e.